The molecule has 0 radical (unpaired) electrons. The van der Waals surface area contributed by atoms with E-state index in [0.29, 0.717) is 6.54 Å². The number of morpholine rings is 1. The zero-order valence-electron chi connectivity index (χ0n) is 10.6. The average Bonchev–Trinajstić information content (AvgIpc) is 2.34. The number of nitrogens with zero attached hydrogens (tertiary/aromatic N) is 1. The molecule has 1 saturated heterocycles. The van der Waals surface area contributed by atoms with Crippen molar-refractivity contribution in [3.8, 4) is 0 Å². The van der Waals surface area contributed by atoms with E-state index in [9.17, 15) is 0 Å². The van der Waals surface area contributed by atoms with Gasteiger partial charge in [-0.05, 0) is 24.1 Å². The monoisotopic (exact) mass is 334 g/mol. The molecular formula is C13H20BrClN2O. The largest absolute Gasteiger partial charge is 0.374 e. The Kier molecular flexibility index (Phi) is 6.60. The van der Waals surface area contributed by atoms with Crippen LogP contribution in [0.15, 0.2) is 22.7 Å². The number of aryl methyl sites for hydroxylation is 1. The number of hydrogen-bond acceptors (Lipinski definition) is 3. The van der Waals surface area contributed by atoms with Crippen molar-refractivity contribution in [2.45, 2.75) is 19.6 Å². The van der Waals surface area contributed by atoms with Crippen molar-refractivity contribution in [3.05, 3.63) is 33.8 Å². The second kappa shape index (κ2) is 7.46. The number of benzene rings is 1. The van der Waals surface area contributed by atoms with E-state index in [2.05, 4.69) is 46.0 Å². The third kappa shape index (κ3) is 4.21. The molecule has 1 aliphatic heterocycles. The second-order valence-electron chi connectivity index (χ2n) is 4.55. The van der Waals surface area contributed by atoms with Gasteiger partial charge in [-0.15, -0.1) is 12.4 Å². The smallest absolute Gasteiger partial charge is 0.0824 e. The molecule has 0 aromatic heterocycles. The van der Waals surface area contributed by atoms with Gasteiger partial charge in [-0.25, -0.2) is 0 Å². The highest BCUT2D eigenvalue weighted by atomic mass is 79.9. The summed E-state index contributed by atoms with van der Waals surface area (Å²) in [6, 6.07) is 6.54. The van der Waals surface area contributed by atoms with E-state index in [4.69, 9.17) is 10.5 Å². The predicted octanol–water partition coefficient (Wildman–Crippen LogP) is 2.34. The van der Waals surface area contributed by atoms with Crippen molar-refractivity contribution in [1.29, 1.82) is 0 Å². The first-order chi connectivity index (χ1) is 8.19. The fraction of sp³-hybridized carbons (Fsp3) is 0.538. The van der Waals surface area contributed by atoms with Gasteiger partial charge >= 0.3 is 0 Å². The lowest BCUT2D eigenvalue weighted by Crippen LogP contribution is -2.45. The molecule has 1 fully saturated rings. The summed E-state index contributed by atoms with van der Waals surface area (Å²) in [5.74, 6) is 0. The van der Waals surface area contributed by atoms with Gasteiger partial charge in [0.05, 0.1) is 12.7 Å². The maximum Gasteiger partial charge on any atom is 0.0824 e. The quantitative estimate of drug-likeness (QED) is 0.921. The summed E-state index contributed by atoms with van der Waals surface area (Å²) in [5.41, 5.74) is 8.25. The topological polar surface area (TPSA) is 38.5 Å². The summed E-state index contributed by atoms with van der Waals surface area (Å²) in [7, 11) is 0. The van der Waals surface area contributed by atoms with Crippen molar-refractivity contribution >= 4 is 28.3 Å². The molecule has 0 amide bonds. The zero-order chi connectivity index (χ0) is 12.3. The normalized spacial score (nSPS) is 20.5. The lowest BCUT2D eigenvalue weighted by atomic mass is 10.1. The van der Waals surface area contributed by atoms with Gasteiger partial charge in [-0.3, -0.25) is 4.90 Å². The van der Waals surface area contributed by atoms with E-state index < -0.39 is 0 Å². The standard InChI is InChI=1S/C13H19BrN2O.ClH/c1-10-2-3-11(6-13(10)14)8-16-4-5-17-12(7-15)9-16;/h2-3,6,12H,4-5,7-9,15H2,1H3;1H. The van der Waals surface area contributed by atoms with Crippen molar-refractivity contribution in [2.75, 3.05) is 26.2 Å². The Morgan fingerprint density at radius 3 is 2.94 bits per heavy atom. The van der Waals surface area contributed by atoms with Crippen LogP contribution in [0, 0.1) is 6.92 Å². The molecule has 0 aliphatic carbocycles. The predicted molar refractivity (Wildman–Crippen MR) is 80.2 cm³/mol. The van der Waals surface area contributed by atoms with Crippen LogP contribution < -0.4 is 5.73 Å². The van der Waals surface area contributed by atoms with E-state index in [1.165, 1.54) is 15.6 Å². The average molecular weight is 336 g/mol. The molecule has 1 aliphatic rings. The number of hydrogen-bond donors (Lipinski definition) is 1. The van der Waals surface area contributed by atoms with Crippen LogP contribution in [0.3, 0.4) is 0 Å². The Morgan fingerprint density at radius 1 is 1.50 bits per heavy atom. The molecule has 1 atom stereocenters. The summed E-state index contributed by atoms with van der Waals surface area (Å²) in [4.78, 5) is 2.40. The number of nitrogens with two attached hydrogens (primary N) is 1. The Labute approximate surface area is 123 Å². The summed E-state index contributed by atoms with van der Waals surface area (Å²) in [6.45, 7) is 6.39. The Morgan fingerprint density at radius 2 is 2.28 bits per heavy atom. The van der Waals surface area contributed by atoms with Gasteiger partial charge in [0.15, 0.2) is 0 Å². The molecular weight excluding hydrogens is 316 g/mol. The fourth-order valence-electron chi connectivity index (χ4n) is 2.06. The molecule has 0 saturated carbocycles. The van der Waals surface area contributed by atoms with Gasteiger partial charge in [0, 0.05) is 30.7 Å². The van der Waals surface area contributed by atoms with Gasteiger partial charge in [-0.2, -0.15) is 0 Å². The number of rotatable bonds is 3. The highest BCUT2D eigenvalue weighted by Crippen LogP contribution is 2.19. The summed E-state index contributed by atoms with van der Waals surface area (Å²) >= 11 is 3.57. The zero-order valence-corrected chi connectivity index (χ0v) is 13.0. The second-order valence-corrected chi connectivity index (χ2v) is 5.40. The molecule has 102 valence electrons. The molecule has 3 nitrogen and oxygen atoms in total. The van der Waals surface area contributed by atoms with Gasteiger partial charge in [0.1, 0.15) is 0 Å². The van der Waals surface area contributed by atoms with E-state index in [0.717, 1.165) is 26.2 Å². The van der Waals surface area contributed by atoms with E-state index >= 15 is 0 Å². The summed E-state index contributed by atoms with van der Waals surface area (Å²) in [5, 5.41) is 0. The molecule has 1 aromatic carbocycles. The maximum atomic E-state index is 5.64. The third-order valence-electron chi connectivity index (χ3n) is 3.13. The van der Waals surface area contributed by atoms with Crippen LogP contribution >= 0.6 is 28.3 Å². The van der Waals surface area contributed by atoms with E-state index in [1.54, 1.807) is 0 Å². The molecule has 1 aromatic rings. The van der Waals surface area contributed by atoms with Crippen LogP contribution in [0.25, 0.3) is 0 Å². The van der Waals surface area contributed by atoms with Gasteiger partial charge in [0.2, 0.25) is 0 Å². The van der Waals surface area contributed by atoms with Gasteiger partial charge < -0.3 is 10.5 Å². The molecule has 1 heterocycles. The molecule has 0 bridgehead atoms. The molecule has 1 unspecified atom stereocenters. The third-order valence-corrected chi connectivity index (χ3v) is 3.98. The van der Waals surface area contributed by atoms with Crippen LogP contribution in [-0.4, -0.2) is 37.2 Å². The first-order valence-corrected chi connectivity index (χ1v) is 6.77. The minimum atomic E-state index is 0. The molecule has 18 heavy (non-hydrogen) atoms. The first kappa shape index (κ1) is 15.9. The lowest BCUT2D eigenvalue weighted by Gasteiger charge is -2.32. The van der Waals surface area contributed by atoms with Crippen LogP contribution in [-0.2, 0) is 11.3 Å². The Hall–Kier alpha value is -0.130. The van der Waals surface area contributed by atoms with E-state index in [-0.39, 0.29) is 18.5 Å². The summed E-state index contributed by atoms with van der Waals surface area (Å²) in [6.07, 6.45) is 0.192. The van der Waals surface area contributed by atoms with Crippen LogP contribution in [0.1, 0.15) is 11.1 Å². The maximum absolute atomic E-state index is 5.64. The van der Waals surface area contributed by atoms with Crippen LogP contribution in [0.5, 0.6) is 0 Å². The van der Waals surface area contributed by atoms with Crippen molar-refractivity contribution in [1.82, 2.24) is 4.90 Å². The molecule has 5 heteroatoms. The molecule has 2 N–H and O–H groups in total. The lowest BCUT2D eigenvalue weighted by molar-refractivity contribution is -0.0260. The highest BCUT2D eigenvalue weighted by Gasteiger charge is 2.19. The minimum absolute atomic E-state index is 0. The molecule has 0 spiro atoms. The molecule has 2 rings (SSSR count). The van der Waals surface area contributed by atoms with Gasteiger partial charge in [-0.1, -0.05) is 28.1 Å². The van der Waals surface area contributed by atoms with Crippen molar-refractivity contribution in [3.63, 3.8) is 0 Å². The van der Waals surface area contributed by atoms with Crippen LogP contribution in [0.2, 0.25) is 0 Å². The number of ether oxygens (including phenoxy) is 1. The van der Waals surface area contributed by atoms with Crippen LogP contribution in [0.4, 0.5) is 0 Å². The number of halogens is 2. The SMILES string of the molecule is Cc1ccc(CN2CCOC(CN)C2)cc1Br.Cl. The summed E-state index contributed by atoms with van der Waals surface area (Å²) < 4.78 is 6.74. The highest BCUT2D eigenvalue weighted by molar-refractivity contribution is 9.10. The van der Waals surface area contributed by atoms with Crippen molar-refractivity contribution in [2.24, 2.45) is 5.73 Å². The van der Waals surface area contributed by atoms with Crippen molar-refractivity contribution < 1.29 is 4.74 Å². The Balaban J connectivity index is 0.00000162. The first-order valence-electron chi connectivity index (χ1n) is 5.98. The van der Waals surface area contributed by atoms with Gasteiger partial charge in [0.25, 0.3) is 0 Å². The van der Waals surface area contributed by atoms with E-state index in [1.807, 2.05) is 0 Å². The minimum Gasteiger partial charge on any atom is -0.374 e. The Bertz CT molecular complexity index is 389. The fourth-order valence-corrected chi connectivity index (χ4v) is 2.49.